The predicted octanol–water partition coefficient (Wildman–Crippen LogP) is 0.865. The lowest BCUT2D eigenvalue weighted by molar-refractivity contribution is -0.131. The lowest BCUT2D eigenvalue weighted by Crippen LogP contribution is -2.14. The summed E-state index contributed by atoms with van der Waals surface area (Å²) in [6.07, 6.45) is 1.53. The third kappa shape index (κ3) is 5.27. The Hall–Kier alpha value is -3.47. The van der Waals surface area contributed by atoms with E-state index in [1.165, 1.54) is 43.5 Å². The highest BCUT2D eigenvalue weighted by atomic mass is 32.2. The Morgan fingerprint density at radius 2 is 1.77 bits per heavy atom. The molecule has 2 aromatic rings. The summed E-state index contributed by atoms with van der Waals surface area (Å²) in [6, 6.07) is 8.12. The van der Waals surface area contributed by atoms with Crippen molar-refractivity contribution in [1.29, 1.82) is 0 Å². The monoisotopic (exact) mass is 378 g/mol. The number of ether oxygens (including phenoxy) is 1. The summed E-state index contributed by atoms with van der Waals surface area (Å²) in [5.41, 5.74) is 0.299. The molecule has 0 bridgehead atoms. The third-order valence-corrected chi connectivity index (χ3v) is 4.27. The highest BCUT2D eigenvalue weighted by molar-refractivity contribution is 7.92. The quantitative estimate of drug-likeness (QED) is 0.601. The molecule has 0 aliphatic rings. The van der Waals surface area contributed by atoms with Crippen LogP contribution in [0.1, 0.15) is 0 Å². The van der Waals surface area contributed by atoms with Gasteiger partial charge in [-0.3, -0.25) is 9.52 Å². The lowest BCUT2D eigenvalue weighted by Gasteiger charge is -2.08. The summed E-state index contributed by atoms with van der Waals surface area (Å²) >= 11 is 0. The number of hydrogen-bond acceptors (Lipinski definition) is 7. The molecule has 0 saturated carbocycles. The van der Waals surface area contributed by atoms with E-state index in [0.717, 1.165) is 6.08 Å². The molecule has 1 aromatic carbocycles. The van der Waals surface area contributed by atoms with Crippen molar-refractivity contribution in [2.24, 2.45) is 0 Å². The number of carboxylic acids is 1. The predicted molar refractivity (Wildman–Crippen MR) is 91.2 cm³/mol. The number of sulfonamides is 1. The van der Waals surface area contributed by atoms with Gasteiger partial charge in [-0.2, -0.15) is 0 Å². The molecule has 136 valence electrons. The van der Waals surface area contributed by atoms with Gasteiger partial charge in [-0.05, 0) is 30.3 Å². The van der Waals surface area contributed by atoms with Crippen molar-refractivity contribution in [1.82, 2.24) is 10.2 Å². The Balaban J connectivity index is 2.08. The van der Waals surface area contributed by atoms with Crippen molar-refractivity contribution in [3.05, 3.63) is 48.6 Å². The molecule has 1 amide bonds. The summed E-state index contributed by atoms with van der Waals surface area (Å²) in [4.78, 5) is 21.8. The topological polar surface area (TPSA) is 148 Å². The number of rotatable bonds is 7. The van der Waals surface area contributed by atoms with Gasteiger partial charge in [-0.1, -0.05) is 0 Å². The minimum absolute atomic E-state index is 0.0157. The number of carbonyl (C=O) groups excluding carboxylic acids is 1. The Labute approximate surface area is 148 Å². The minimum Gasteiger partial charge on any atom is -0.480 e. The van der Waals surface area contributed by atoms with Gasteiger partial charge in [0, 0.05) is 23.9 Å². The number of aliphatic carboxylic acids is 1. The van der Waals surface area contributed by atoms with Crippen LogP contribution in [0.4, 0.5) is 11.5 Å². The summed E-state index contributed by atoms with van der Waals surface area (Å²) in [7, 11) is -2.49. The van der Waals surface area contributed by atoms with Gasteiger partial charge in [0.1, 0.15) is 0 Å². The molecule has 26 heavy (non-hydrogen) atoms. The standard InChI is InChI=1S/C15H14N4O6S/c1-25-14-8-6-12(17-18-14)19-26(23,24)11-4-2-10(3-5-11)16-13(20)7-9-15(21)22/h2-9H,1H3,(H,16,20)(H,17,19)(H,21,22)/b9-7-. The molecule has 0 spiro atoms. The first-order chi connectivity index (χ1) is 12.3. The van der Waals surface area contributed by atoms with Gasteiger partial charge in [0.15, 0.2) is 5.82 Å². The Kier molecular flexibility index (Phi) is 5.86. The second-order valence-electron chi connectivity index (χ2n) is 4.75. The van der Waals surface area contributed by atoms with E-state index in [4.69, 9.17) is 9.84 Å². The summed E-state index contributed by atoms with van der Waals surface area (Å²) < 4.78 is 31.7. The average Bonchev–Trinajstić information content (AvgIpc) is 2.61. The van der Waals surface area contributed by atoms with Gasteiger partial charge < -0.3 is 15.2 Å². The fourth-order valence-electron chi connectivity index (χ4n) is 1.73. The van der Waals surface area contributed by atoms with E-state index >= 15 is 0 Å². The average molecular weight is 378 g/mol. The second-order valence-corrected chi connectivity index (χ2v) is 6.43. The third-order valence-electron chi connectivity index (χ3n) is 2.90. The Bertz CT molecular complexity index is 924. The number of nitrogens with zero attached hydrogens (tertiary/aromatic N) is 2. The van der Waals surface area contributed by atoms with Crippen molar-refractivity contribution in [3.63, 3.8) is 0 Å². The Morgan fingerprint density at radius 3 is 2.31 bits per heavy atom. The molecule has 2 rings (SSSR count). The molecule has 0 aliphatic heterocycles. The molecular weight excluding hydrogens is 364 g/mol. The van der Waals surface area contributed by atoms with E-state index in [-0.39, 0.29) is 16.6 Å². The van der Waals surface area contributed by atoms with Crippen LogP contribution in [0.25, 0.3) is 0 Å². The van der Waals surface area contributed by atoms with Crippen molar-refractivity contribution in [2.45, 2.75) is 4.90 Å². The zero-order valence-corrected chi connectivity index (χ0v) is 14.2. The van der Waals surface area contributed by atoms with Crippen molar-refractivity contribution in [2.75, 3.05) is 17.1 Å². The highest BCUT2D eigenvalue weighted by Crippen LogP contribution is 2.17. The van der Waals surface area contributed by atoms with E-state index in [2.05, 4.69) is 20.2 Å². The van der Waals surface area contributed by atoms with Gasteiger partial charge in [0.05, 0.1) is 12.0 Å². The van der Waals surface area contributed by atoms with Crippen molar-refractivity contribution >= 4 is 33.4 Å². The molecule has 0 aliphatic carbocycles. The molecule has 1 heterocycles. The number of hydrogen-bond donors (Lipinski definition) is 3. The largest absolute Gasteiger partial charge is 0.480 e. The number of carbonyl (C=O) groups is 2. The molecule has 0 fully saturated rings. The second kappa shape index (κ2) is 8.07. The number of aromatic nitrogens is 2. The summed E-state index contributed by atoms with van der Waals surface area (Å²) in [6.45, 7) is 0. The van der Waals surface area contributed by atoms with Crippen LogP contribution in [0.15, 0.2) is 53.4 Å². The number of nitrogens with one attached hydrogen (secondary N) is 2. The van der Waals surface area contributed by atoms with Crippen molar-refractivity contribution < 1.29 is 27.9 Å². The van der Waals surface area contributed by atoms with Crippen LogP contribution in [0.5, 0.6) is 5.88 Å². The fourth-order valence-corrected chi connectivity index (χ4v) is 2.72. The summed E-state index contributed by atoms with van der Waals surface area (Å²) in [5, 5.41) is 18.2. The van der Waals surface area contributed by atoms with Crippen LogP contribution in [0.3, 0.4) is 0 Å². The van der Waals surface area contributed by atoms with E-state index in [0.29, 0.717) is 11.8 Å². The first-order valence-corrected chi connectivity index (χ1v) is 8.51. The maximum absolute atomic E-state index is 12.3. The van der Waals surface area contributed by atoms with Gasteiger partial charge in [0.25, 0.3) is 10.0 Å². The maximum atomic E-state index is 12.3. The van der Waals surface area contributed by atoms with Crippen LogP contribution < -0.4 is 14.8 Å². The maximum Gasteiger partial charge on any atom is 0.328 e. The van der Waals surface area contributed by atoms with Gasteiger partial charge in [-0.25, -0.2) is 13.2 Å². The van der Waals surface area contributed by atoms with E-state index < -0.39 is 21.9 Å². The molecule has 1 aromatic heterocycles. The van der Waals surface area contributed by atoms with Gasteiger partial charge in [-0.15, -0.1) is 10.2 Å². The minimum atomic E-state index is -3.90. The van der Waals surface area contributed by atoms with E-state index in [1.54, 1.807) is 0 Å². The SMILES string of the molecule is COc1ccc(NS(=O)(=O)c2ccc(NC(=O)/C=C\C(=O)O)cc2)nn1. The highest BCUT2D eigenvalue weighted by Gasteiger charge is 2.15. The van der Waals surface area contributed by atoms with Gasteiger partial charge >= 0.3 is 5.97 Å². The molecule has 0 unspecified atom stereocenters. The van der Waals surface area contributed by atoms with Crippen molar-refractivity contribution in [3.8, 4) is 5.88 Å². The first kappa shape index (κ1) is 18.9. The van der Waals surface area contributed by atoms with Gasteiger partial charge in [0.2, 0.25) is 11.8 Å². The number of amides is 1. The first-order valence-electron chi connectivity index (χ1n) is 7.03. The molecule has 10 nitrogen and oxygen atoms in total. The van der Waals surface area contributed by atoms with E-state index in [9.17, 15) is 18.0 Å². The zero-order chi connectivity index (χ0) is 19.2. The smallest absolute Gasteiger partial charge is 0.328 e. The number of carboxylic acid groups (broad SMARTS) is 1. The Morgan fingerprint density at radius 1 is 1.08 bits per heavy atom. The molecule has 3 N–H and O–H groups in total. The fraction of sp³-hybridized carbons (Fsp3) is 0.0667. The molecular formula is C15H14N4O6S. The molecule has 0 saturated heterocycles. The summed E-state index contributed by atoms with van der Waals surface area (Å²) in [5.74, 6) is -1.66. The number of anilines is 2. The zero-order valence-electron chi connectivity index (χ0n) is 13.4. The molecule has 11 heteroatoms. The van der Waals surface area contributed by atoms with E-state index in [1.807, 2.05) is 0 Å². The number of methoxy groups -OCH3 is 1. The van der Waals surface area contributed by atoms with Crippen LogP contribution in [0.2, 0.25) is 0 Å². The van der Waals surface area contributed by atoms with Crippen LogP contribution >= 0.6 is 0 Å². The normalized spacial score (nSPS) is 11.1. The van der Waals surface area contributed by atoms with Crippen LogP contribution in [-0.2, 0) is 19.6 Å². The van der Waals surface area contributed by atoms with Crippen LogP contribution in [-0.4, -0.2) is 42.7 Å². The molecule has 0 radical (unpaired) electrons. The molecule has 0 atom stereocenters. The van der Waals surface area contributed by atoms with Crippen LogP contribution in [0, 0.1) is 0 Å². The lowest BCUT2D eigenvalue weighted by atomic mass is 10.3. The number of benzene rings is 1.